The fraction of sp³-hybridized carbons (Fsp3) is 0.500. The van der Waals surface area contributed by atoms with Crippen LogP contribution >= 0.6 is 0 Å². The average Bonchev–Trinajstić information content (AvgIpc) is 2.16. The fourth-order valence-electron chi connectivity index (χ4n) is 1.72. The lowest BCUT2D eigenvalue weighted by atomic mass is 10.1. The maximum atomic E-state index is 10.5. The van der Waals surface area contributed by atoms with E-state index in [1.54, 1.807) is 12.1 Å². The third-order valence-electron chi connectivity index (χ3n) is 2.28. The second-order valence-electron chi connectivity index (χ2n) is 4.51. The van der Waals surface area contributed by atoms with Gasteiger partial charge in [-0.05, 0) is 18.5 Å². The number of non-ortho nitro benzene ring substituents is 1. The normalized spacial score (nSPS) is 11.1. The number of nitrogens with zero attached hydrogens (tertiary/aromatic N) is 2. The van der Waals surface area contributed by atoms with Crippen LogP contribution in [0, 0.1) is 16.0 Å². The summed E-state index contributed by atoms with van der Waals surface area (Å²) in [5, 5.41) is 10.5. The van der Waals surface area contributed by atoms with Crippen molar-refractivity contribution in [1.82, 2.24) is 4.90 Å². The van der Waals surface area contributed by atoms with Crippen LogP contribution in [0.5, 0.6) is 0 Å². The van der Waals surface area contributed by atoms with E-state index in [4.69, 9.17) is 0 Å². The molecule has 0 aromatic heterocycles. The van der Waals surface area contributed by atoms with Crippen molar-refractivity contribution in [1.29, 1.82) is 0 Å². The summed E-state index contributed by atoms with van der Waals surface area (Å²) < 4.78 is 0. The summed E-state index contributed by atoms with van der Waals surface area (Å²) in [5.41, 5.74) is 1.25. The first-order valence-corrected chi connectivity index (χ1v) is 5.41. The molecule has 1 aromatic carbocycles. The van der Waals surface area contributed by atoms with E-state index in [9.17, 15) is 10.1 Å². The van der Waals surface area contributed by atoms with Gasteiger partial charge in [0.1, 0.15) is 0 Å². The van der Waals surface area contributed by atoms with E-state index in [2.05, 4.69) is 25.8 Å². The molecule has 0 aliphatic heterocycles. The van der Waals surface area contributed by atoms with E-state index < -0.39 is 0 Å². The Kier molecular flexibility index (Phi) is 4.43. The Morgan fingerprint density at radius 1 is 1.31 bits per heavy atom. The van der Waals surface area contributed by atoms with Crippen LogP contribution < -0.4 is 0 Å². The van der Waals surface area contributed by atoms with E-state index in [0.29, 0.717) is 5.92 Å². The summed E-state index contributed by atoms with van der Waals surface area (Å²) in [5.74, 6) is 0.628. The van der Waals surface area contributed by atoms with Crippen molar-refractivity contribution in [2.75, 3.05) is 13.6 Å². The minimum Gasteiger partial charge on any atom is -0.302 e. The lowest BCUT2D eigenvalue weighted by Gasteiger charge is -2.18. The van der Waals surface area contributed by atoms with Crippen LogP contribution in [0.1, 0.15) is 19.4 Å². The Labute approximate surface area is 96.0 Å². The monoisotopic (exact) mass is 222 g/mol. The van der Waals surface area contributed by atoms with Crippen molar-refractivity contribution in [2.24, 2.45) is 5.92 Å². The van der Waals surface area contributed by atoms with Crippen molar-refractivity contribution in [3.8, 4) is 0 Å². The second-order valence-corrected chi connectivity index (χ2v) is 4.51. The van der Waals surface area contributed by atoms with Crippen LogP contribution in [0.2, 0.25) is 0 Å². The standard InChI is InChI=1S/C12H18N2O2/c1-10(2)8-13(3)9-11-4-6-12(7-5-11)14(15)16/h4-7,10H,8-9H2,1-3H3. The van der Waals surface area contributed by atoms with Crippen molar-refractivity contribution >= 4 is 5.69 Å². The number of hydrogen-bond acceptors (Lipinski definition) is 3. The lowest BCUT2D eigenvalue weighted by Crippen LogP contribution is -2.22. The molecule has 0 bridgehead atoms. The molecule has 0 unspecified atom stereocenters. The highest BCUT2D eigenvalue weighted by atomic mass is 16.6. The summed E-state index contributed by atoms with van der Waals surface area (Å²) in [7, 11) is 2.06. The zero-order chi connectivity index (χ0) is 12.1. The molecule has 16 heavy (non-hydrogen) atoms. The predicted octanol–water partition coefficient (Wildman–Crippen LogP) is 2.68. The first-order valence-electron chi connectivity index (χ1n) is 5.41. The van der Waals surface area contributed by atoms with E-state index in [1.165, 1.54) is 0 Å². The molecule has 0 heterocycles. The first kappa shape index (κ1) is 12.6. The third kappa shape index (κ3) is 3.98. The lowest BCUT2D eigenvalue weighted by molar-refractivity contribution is -0.384. The highest BCUT2D eigenvalue weighted by Gasteiger charge is 2.06. The molecule has 0 radical (unpaired) electrons. The van der Waals surface area contributed by atoms with Gasteiger partial charge in [-0.3, -0.25) is 10.1 Å². The smallest absolute Gasteiger partial charge is 0.269 e. The molecule has 0 fully saturated rings. The second kappa shape index (κ2) is 5.61. The highest BCUT2D eigenvalue weighted by molar-refractivity contribution is 5.32. The van der Waals surface area contributed by atoms with E-state index in [1.807, 2.05) is 12.1 Å². The molecule has 0 N–H and O–H groups in total. The Hall–Kier alpha value is -1.42. The van der Waals surface area contributed by atoms with Gasteiger partial charge in [0.25, 0.3) is 5.69 Å². The van der Waals surface area contributed by atoms with Crippen molar-refractivity contribution in [3.05, 3.63) is 39.9 Å². The van der Waals surface area contributed by atoms with Crippen molar-refractivity contribution in [2.45, 2.75) is 20.4 Å². The zero-order valence-electron chi connectivity index (χ0n) is 10.0. The molecule has 0 aliphatic rings. The molecule has 0 atom stereocenters. The third-order valence-corrected chi connectivity index (χ3v) is 2.28. The van der Waals surface area contributed by atoms with Gasteiger partial charge in [0.05, 0.1) is 4.92 Å². The summed E-state index contributed by atoms with van der Waals surface area (Å²) >= 11 is 0. The molecule has 1 rings (SSSR count). The number of benzene rings is 1. The van der Waals surface area contributed by atoms with E-state index >= 15 is 0 Å². The van der Waals surface area contributed by atoms with Crippen LogP contribution in [0.15, 0.2) is 24.3 Å². The SMILES string of the molecule is CC(C)CN(C)Cc1ccc([N+](=O)[O-])cc1. The summed E-state index contributed by atoms with van der Waals surface area (Å²) in [6.45, 7) is 6.20. The molecular weight excluding hydrogens is 204 g/mol. The van der Waals surface area contributed by atoms with Gasteiger partial charge in [-0.2, -0.15) is 0 Å². The molecule has 4 nitrogen and oxygen atoms in total. The largest absolute Gasteiger partial charge is 0.302 e. The number of nitro benzene ring substituents is 1. The average molecular weight is 222 g/mol. The van der Waals surface area contributed by atoms with Gasteiger partial charge in [-0.15, -0.1) is 0 Å². The van der Waals surface area contributed by atoms with Crippen molar-refractivity contribution < 1.29 is 4.92 Å². The maximum Gasteiger partial charge on any atom is 0.269 e. The zero-order valence-corrected chi connectivity index (χ0v) is 10.0. The van der Waals surface area contributed by atoms with Gasteiger partial charge in [0.2, 0.25) is 0 Å². The minimum absolute atomic E-state index is 0.148. The van der Waals surface area contributed by atoms with E-state index in [0.717, 1.165) is 18.7 Å². The quantitative estimate of drug-likeness (QED) is 0.568. The number of nitro groups is 1. The van der Waals surface area contributed by atoms with Crippen LogP contribution in [0.25, 0.3) is 0 Å². The van der Waals surface area contributed by atoms with Gasteiger partial charge < -0.3 is 4.90 Å². The Morgan fingerprint density at radius 3 is 2.31 bits per heavy atom. The molecular formula is C12H18N2O2. The molecule has 0 aliphatic carbocycles. The predicted molar refractivity (Wildman–Crippen MR) is 64.3 cm³/mol. The fourth-order valence-corrected chi connectivity index (χ4v) is 1.72. The Bertz CT molecular complexity index is 347. The minimum atomic E-state index is -0.373. The molecule has 0 amide bonds. The maximum absolute atomic E-state index is 10.5. The molecule has 4 heteroatoms. The topological polar surface area (TPSA) is 46.4 Å². The van der Waals surface area contributed by atoms with Crippen LogP contribution in [-0.2, 0) is 6.54 Å². The number of hydrogen-bond donors (Lipinski definition) is 0. The Morgan fingerprint density at radius 2 is 1.88 bits per heavy atom. The van der Waals surface area contributed by atoms with Gasteiger partial charge in [0, 0.05) is 25.2 Å². The van der Waals surface area contributed by atoms with Gasteiger partial charge in [0.15, 0.2) is 0 Å². The van der Waals surface area contributed by atoms with Gasteiger partial charge >= 0.3 is 0 Å². The van der Waals surface area contributed by atoms with Gasteiger partial charge in [-0.25, -0.2) is 0 Å². The molecule has 88 valence electrons. The molecule has 1 aromatic rings. The Balaban J connectivity index is 2.58. The number of rotatable bonds is 5. The molecule has 0 saturated carbocycles. The van der Waals surface area contributed by atoms with Gasteiger partial charge in [-0.1, -0.05) is 26.0 Å². The van der Waals surface area contributed by atoms with Crippen LogP contribution in [-0.4, -0.2) is 23.4 Å². The first-order chi connectivity index (χ1) is 7.49. The molecule has 0 saturated heterocycles. The van der Waals surface area contributed by atoms with Crippen LogP contribution in [0.3, 0.4) is 0 Å². The van der Waals surface area contributed by atoms with Crippen LogP contribution in [0.4, 0.5) is 5.69 Å². The summed E-state index contributed by atoms with van der Waals surface area (Å²) in [4.78, 5) is 12.3. The summed E-state index contributed by atoms with van der Waals surface area (Å²) in [6.07, 6.45) is 0. The van der Waals surface area contributed by atoms with Crippen molar-refractivity contribution in [3.63, 3.8) is 0 Å². The summed E-state index contributed by atoms with van der Waals surface area (Å²) in [6, 6.07) is 6.74. The molecule has 0 spiro atoms. The van der Waals surface area contributed by atoms with E-state index in [-0.39, 0.29) is 10.6 Å². The highest BCUT2D eigenvalue weighted by Crippen LogP contribution is 2.13.